The molecule has 1 saturated carbocycles. The number of hydrogen-bond donors (Lipinski definition) is 0. The molecular formula is C15H15FN6OS. The lowest BCUT2D eigenvalue weighted by Gasteiger charge is -2.09. The van der Waals surface area contributed by atoms with Crippen molar-refractivity contribution in [1.82, 2.24) is 30.3 Å². The SMILES string of the molecule is Fc1ccc(-c2noc(CSc3nnnn3C3CCCC3)n2)cc1. The molecule has 0 radical (unpaired) electrons. The molecule has 1 aliphatic carbocycles. The minimum atomic E-state index is -0.295. The fourth-order valence-corrected chi connectivity index (χ4v) is 3.60. The highest BCUT2D eigenvalue weighted by Crippen LogP contribution is 2.32. The summed E-state index contributed by atoms with van der Waals surface area (Å²) in [6.45, 7) is 0. The average molecular weight is 346 g/mol. The molecule has 0 atom stereocenters. The molecule has 1 fully saturated rings. The second kappa shape index (κ2) is 6.68. The fourth-order valence-electron chi connectivity index (χ4n) is 2.81. The van der Waals surface area contributed by atoms with E-state index in [0.29, 0.717) is 29.1 Å². The van der Waals surface area contributed by atoms with Crippen molar-refractivity contribution in [3.8, 4) is 11.4 Å². The van der Waals surface area contributed by atoms with E-state index in [1.165, 1.54) is 36.7 Å². The van der Waals surface area contributed by atoms with Gasteiger partial charge < -0.3 is 4.52 Å². The van der Waals surface area contributed by atoms with Crippen molar-refractivity contribution in [2.75, 3.05) is 0 Å². The summed E-state index contributed by atoms with van der Waals surface area (Å²) >= 11 is 1.48. The molecule has 1 aromatic carbocycles. The Bertz CT molecular complexity index is 811. The van der Waals surface area contributed by atoms with Crippen molar-refractivity contribution >= 4 is 11.8 Å². The first-order valence-corrected chi connectivity index (χ1v) is 8.77. The van der Waals surface area contributed by atoms with E-state index < -0.39 is 0 Å². The summed E-state index contributed by atoms with van der Waals surface area (Å²) in [6, 6.07) is 6.38. The quantitative estimate of drug-likeness (QED) is 0.656. The molecule has 0 unspecified atom stereocenters. The van der Waals surface area contributed by atoms with Gasteiger partial charge in [0.2, 0.25) is 16.9 Å². The Morgan fingerprint density at radius 1 is 1.21 bits per heavy atom. The standard InChI is InChI=1S/C15H15FN6OS/c16-11-7-5-10(6-8-11)14-17-13(23-19-14)9-24-15-18-20-21-22(15)12-3-1-2-4-12/h5-8,12H,1-4,9H2. The molecule has 0 spiro atoms. The molecule has 0 N–H and O–H groups in total. The Labute approximate surface area is 141 Å². The van der Waals surface area contributed by atoms with Crippen LogP contribution < -0.4 is 0 Å². The molecule has 0 bridgehead atoms. The number of thioether (sulfide) groups is 1. The maximum Gasteiger partial charge on any atom is 0.237 e. The zero-order valence-corrected chi connectivity index (χ0v) is 13.6. The van der Waals surface area contributed by atoms with Gasteiger partial charge >= 0.3 is 0 Å². The maximum absolute atomic E-state index is 13.0. The zero-order chi connectivity index (χ0) is 16.4. The van der Waals surface area contributed by atoms with E-state index in [1.807, 2.05) is 4.68 Å². The lowest BCUT2D eigenvalue weighted by molar-refractivity contribution is 0.391. The van der Waals surface area contributed by atoms with Crippen LogP contribution in [0.4, 0.5) is 4.39 Å². The summed E-state index contributed by atoms with van der Waals surface area (Å²) in [5, 5.41) is 16.7. The minimum Gasteiger partial charge on any atom is -0.338 e. The highest BCUT2D eigenvalue weighted by Gasteiger charge is 2.22. The van der Waals surface area contributed by atoms with Crippen LogP contribution >= 0.6 is 11.8 Å². The highest BCUT2D eigenvalue weighted by atomic mass is 32.2. The van der Waals surface area contributed by atoms with Gasteiger partial charge in [-0.3, -0.25) is 0 Å². The maximum atomic E-state index is 13.0. The third kappa shape index (κ3) is 3.16. The topological polar surface area (TPSA) is 82.5 Å². The molecule has 9 heteroatoms. The van der Waals surface area contributed by atoms with E-state index in [-0.39, 0.29) is 5.82 Å². The van der Waals surface area contributed by atoms with Gasteiger partial charge in [0.1, 0.15) is 5.82 Å². The Kier molecular flexibility index (Phi) is 4.24. The van der Waals surface area contributed by atoms with E-state index >= 15 is 0 Å². The van der Waals surface area contributed by atoms with Crippen LogP contribution in [0.1, 0.15) is 37.6 Å². The predicted molar refractivity (Wildman–Crippen MR) is 84.6 cm³/mol. The van der Waals surface area contributed by atoms with Crippen LogP contribution in [0.3, 0.4) is 0 Å². The molecule has 2 aromatic heterocycles. The normalized spacial score (nSPS) is 15.2. The van der Waals surface area contributed by atoms with Crippen LogP contribution in [0.5, 0.6) is 0 Å². The molecule has 124 valence electrons. The van der Waals surface area contributed by atoms with Crippen molar-refractivity contribution in [3.63, 3.8) is 0 Å². The Morgan fingerprint density at radius 3 is 2.79 bits per heavy atom. The average Bonchev–Trinajstić information content (AvgIpc) is 3.34. The second-order valence-corrected chi connectivity index (χ2v) is 6.59. The van der Waals surface area contributed by atoms with Gasteiger partial charge in [-0.1, -0.05) is 29.8 Å². The summed E-state index contributed by atoms with van der Waals surface area (Å²) < 4.78 is 20.1. The number of rotatable bonds is 5. The summed E-state index contributed by atoms with van der Waals surface area (Å²) in [6.07, 6.45) is 4.68. The lowest BCUT2D eigenvalue weighted by atomic mass is 10.2. The monoisotopic (exact) mass is 346 g/mol. The third-order valence-electron chi connectivity index (χ3n) is 4.03. The first-order valence-electron chi connectivity index (χ1n) is 7.79. The van der Waals surface area contributed by atoms with E-state index in [4.69, 9.17) is 4.52 Å². The van der Waals surface area contributed by atoms with Gasteiger partial charge in [-0.25, -0.2) is 9.07 Å². The summed E-state index contributed by atoms with van der Waals surface area (Å²) in [4.78, 5) is 4.34. The van der Waals surface area contributed by atoms with Crippen molar-refractivity contribution in [2.45, 2.75) is 42.6 Å². The van der Waals surface area contributed by atoms with Crippen LogP contribution in [-0.2, 0) is 5.75 Å². The van der Waals surface area contributed by atoms with E-state index in [1.54, 1.807) is 12.1 Å². The number of hydrogen-bond acceptors (Lipinski definition) is 7. The van der Waals surface area contributed by atoms with Crippen LogP contribution in [-0.4, -0.2) is 30.3 Å². The van der Waals surface area contributed by atoms with Gasteiger partial charge in [-0.15, -0.1) is 5.10 Å². The molecule has 2 heterocycles. The predicted octanol–water partition coefficient (Wildman–Crippen LogP) is 3.27. The van der Waals surface area contributed by atoms with Crippen LogP contribution in [0, 0.1) is 5.82 Å². The van der Waals surface area contributed by atoms with Gasteiger partial charge in [0.15, 0.2) is 0 Å². The Morgan fingerprint density at radius 2 is 2.00 bits per heavy atom. The molecule has 4 rings (SSSR count). The Hall–Kier alpha value is -2.29. The van der Waals surface area contributed by atoms with Crippen LogP contribution in [0.25, 0.3) is 11.4 Å². The van der Waals surface area contributed by atoms with Gasteiger partial charge in [0.25, 0.3) is 0 Å². The van der Waals surface area contributed by atoms with Crippen LogP contribution in [0.2, 0.25) is 0 Å². The van der Waals surface area contributed by atoms with Gasteiger partial charge in [0.05, 0.1) is 11.8 Å². The summed E-state index contributed by atoms with van der Waals surface area (Å²) in [7, 11) is 0. The number of tetrazole rings is 1. The second-order valence-electron chi connectivity index (χ2n) is 5.65. The van der Waals surface area contributed by atoms with E-state index in [9.17, 15) is 4.39 Å². The lowest BCUT2D eigenvalue weighted by Crippen LogP contribution is -2.08. The molecule has 1 aliphatic rings. The van der Waals surface area contributed by atoms with Crippen molar-refractivity contribution in [1.29, 1.82) is 0 Å². The van der Waals surface area contributed by atoms with E-state index in [0.717, 1.165) is 18.0 Å². The van der Waals surface area contributed by atoms with Crippen molar-refractivity contribution < 1.29 is 8.91 Å². The van der Waals surface area contributed by atoms with Crippen LogP contribution in [0.15, 0.2) is 33.9 Å². The minimum absolute atomic E-state index is 0.295. The first-order chi connectivity index (χ1) is 11.8. The van der Waals surface area contributed by atoms with Gasteiger partial charge in [-0.05, 0) is 47.5 Å². The van der Waals surface area contributed by atoms with Crippen molar-refractivity contribution in [2.24, 2.45) is 0 Å². The first kappa shape index (κ1) is 15.3. The number of halogens is 1. The smallest absolute Gasteiger partial charge is 0.237 e. The number of benzene rings is 1. The largest absolute Gasteiger partial charge is 0.338 e. The number of aromatic nitrogens is 6. The fraction of sp³-hybridized carbons (Fsp3) is 0.400. The molecule has 0 amide bonds. The molecular weight excluding hydrogens is 331 g/mol. The molecule has 0 aliphatic heterocycles. The summed E-state index contributed by atoms with van der Waals surface area (Å²) in [5.74, 6) is 1.12. The summed E-state index contributed by atoms with van der Waals surface area (Å²) in [5.41, 5.74) is 0.715. The highest BCUT2D eigenvalue weighted by molar-refractivity contribution is 7.98. The third-order valence-corrected chi connectivity index (χ3v) is 4.95. The molecule has 7 nitrogen and oxygen atoms in total. The molecule has 24 heavy (non-hydrogen) atoms. The van der Waals surface area contributed by atoms with Gasteiger partial charge in [0, 0.05) is 5.56 Å². The van der Waals surface area contributed by atoms with Crippen molar-refractivity contribution in [3.05, 3.63) is 36.0 Å². The van der Waals surface area contributed by atoms with E-state index in [2.05, 4.69) is 25.7 Å². The number of nitrogens with zero attached hydrogens (tertiary/aromatic N) is 6. The van der Waals surface area contributed by atoms with Gasteiger partial charge in [-0.2, -0.15) is 4.98 Å². The zero-order valence-electron chi connectivity index (χ0n) is 12.8. The Balaban J connectivity index is 1.44. The molecule has 3 aromatic rings. The molecule has 0 saturated heterocycles.